The molecule has 2 radical (unpaired) electrons. The van der Waals surface area contributed by atoms with Crippen LogP contribution < -0.4 is 138 Å². The van der Waals surface area contributed by atoms with Crippen LogP contribution >= 0.6 is 64.2 Å². The molecule has 2 N–H and O–H groups in total. The Morgan fingerprint density at radius 1 is 0.796 bits per heavy atom. The third-order valence-electron chi connectivity index (χ3n) is 4.55. The molecule has 6 heterocycles. The zero-order valence-corrected chi connectivity index (χ0v) is 42.9. The SMILES string of the molecule is C1=CN=NC1.Nc1cnc(-n2nccn2)c(Cl)c1.O=CO[O-].O=[N+]([O-])c1cnc(-n2nccn2)c(Cl)c1.O=[N+]([O-])c1cnc(Cl)c(Cl)c1.[Cl][Sn][Cl].[H-].[I-].[K+].[K+]. The van der Waals surface area contributed by atoms with E-state index in [9.17, 15) is 20.2 Å². The van der Waals surface area contributed by atoms with E-state index in [2.05, 4.69) is 50.5 Å². The molecule has 278 valence electrons. The molecule has 0 bridgehead atoms. The Labute approximate surface area is 445 Å². The number of aromatic nitrogens is 9. The number of rotatable bonds is 5. The summed E-state index contributed by atoms with van der Waals surface area (Å²) in [6.07, 6.45) is 13.3. The van der Waals surface area contributed by atoms with Gasteiger partial charge in [0, 0.05) is 18.3 Å². The van der Waals surface area contributed by atoms with Gasteiger partial charge in [0.2, 0.25) is 0 Å². The number of anilines is 1. The standard InChI is InChI=1S/C7H4ClN5O2.C7H6ClN5.C5H2Cl2N2O2.C3H4N2.CH2O3.2ClH.HI.2K.Sn.H/c8-6-3-5(13(14)15)4-9-7(6)12-10-1-2-11-12;8-6-3-5(9)4-10-7(6)13-11-1-2-12-13;6-4-1-3(9(10)11)2-8-5(4)7;1-2-4-5-3-1;2-1-4-3;;;;;;;/h1-4H;1-4H,9H2;1-2H;1-2H,3H2;1,3H;3*1H;;;;/q;;;;;;;;2*+1;+2;-1/p-4. The maximum Gasteiger partial charge on any atom is 1.00 e. The zero-order chi connectivity index (χ0) is 38.2. The molecule has 1 aliphatic heterocycles. The van der Waals surface area contributed by atoms with E-state index in [4.69, 9.17) is 80.0 Å². The summed E-state index contributed by atoms with van der Waals surface area (Å²) in [6.45, 7) is 0.597. The average Bonchev–Trinajstić information content (AvgIpc) is 3.93. The molecule has 0 saturated carbocycles. The fraction of sp³-hybridized carbons (Fsp3) is 0.0435. The second-order valence-electron chi connectivity index (χ2n) is 7.78. The van der Waals surface area contributed by atoms with Crippen LogP contribution in [0, 0.1) is 20.2 Å². The van der Waals surface area contributed by atoms with Crippen molar-refractivity contribution in [2.45, 2.75) is 0 Å². The number of nitrogens with two attached hydrogens (primary N) is 1. The van der Waals surface area contributed by atoms with Gasteiger partial charge in [0.25, 0.3) is 17.8 Å². The number of nitro groups is 2. The zero-order valence-electron chi connectivity index (χ0n) is 28.1. The number of carbonyl (C=O) groups excluding carboxylic acids is 1. The van der Waals surface area contributed by atoms with E-state index in [0.717, 1.165) is 25.0 Å². The number of carbonyl (C=O) groups is 1. The van der Waals surface area contributed by atoms with Crippen molar-refractivity contribution in [2.24, 2.45) is 10.2 Å². The quantitative estimate of drug-likeness (QED) is 0.0333. The molecule has 0 fully saturated rings. The molecule has 54 heavy (non-hydrogen) atoms. The minimum absolute atomic E-state index is 0. The number of nitrogens with zero attached hydrogens (tertiary/aromatic N) is 13. The molecular formula is C23H18Cl6IK2N14O7Sn-. The smallest absolute Gasteiger partial charge is 1.00 e. The minimum Gasteiger partial charge on any atom is -1.00 e. The Hall–Kier alpha value is -0.359. The van der Waals surface area contributed by atoms with E-state index in [0.29, 0.717) is 16.5 Å². The second-order valence-corrected chi connectivity index (χ2v) is 13.6. The van der Waals surface area contributed by atoms with Crippen molar-refractivity contribution in [1.29, 1.82) is 0 Å². The number of halogens is 7. The van der Waals surface area contributed by atoms with Gasteiger partial charge in [-0.2, -0.15) is 30.6 Å². The summed E-state index contributed by atoms with van der Waals surface area (Å²) in [5, 5.41) is 52.2. The number of hydrogen-bond donors (Lipinski definition) is 1. The van der Waals surface area contributed by atoms with Gasteiger partial charge in [0.05, 0.1) is 68.1 Å². The monoisotopic (exact) mass is 1140 g/mol. The summed E-state index contributed by atoms with van der Waals surface area (Å²) in [4.78, 5) is 44.5. The predicted octanol–water partition coefficient (Wildman–Crippen LogP) is -4.06. The number of pyridine rings is 3. The fourth-order valence-corrected chi connectivity index (χ4v) is 3.41. The Bertz CT molecular complexity index is 1890. The molecule has 0 atom stereocenters. The van der Waals surface area contributed by atoms with Crippen molar-refractivity contribution < 1.29 is 153 Å². The Balaban J connectivity index is -0.000000301. The van der Waals surface area contributed by atoms with Crippen LogP contribution in [-0.4, -0.2) is 86.7 Å². The van der Waals surface area contributed by atoms with E-state index in [1.807, 2.05) is 6.08 Å². The van der Waals surface area contributed by atoms with E-state index >= 15 is 0 Å². The molecule has 31 heteroatoms. The van der Waals surface area contributed by atoms with Gasteiger partial charge < -0.3 is 41.3 Å². The summed E-state index contributed by atoms with van der Waals surface area (Å²) in [5.74, 6) is 0.730. The van der Waals surface area contributed by atoms with Gasteiger partial charge in [0.15, 0.2) is 11.6 Å². The Morgan fingerprint density at radius 2 is 1.20 bits per heavy atom. The molecule has 0 aliphatic carbocycles. The van der Waals surface area contributed by atoms with Crippen LogP contribution in [0.1, 0.15) is 1.43 Å². The first-order valence-electron chi connectivity index (χ1n) is 12.5. The molecule has 0 aromatic carbocycles. The summed E-state index contributed by atoms with van der Waals surface area (Å²) < 4.78 is 0. The maximum atomic E-state index is 10.4. The molecule has 21 nitrogen and oxygen atoms in total. The summed E-state index contributed by atoms with van der Waals surface area (Å²) in [7, 11) is 9.87. The van der Waals surface area contributed by atoms with Gasteiger partial charge in [0.1, 0.15) is 17.5 Å². The number of nitrogen functional groups attached to an aromatic ring is 1. The summed E-state index contributed by atoms with van der Waals surface area (Å²) >= 11 is 21.7. The van der Waals surface area contributed by atoms with Gasteiger partial charge in [-0.15, -0.1) is 9.59 Å². The van der Waals surface area contributed by atoms with E-state index in [1.165, 1.54) is 34.2 Å². The van der Waals surface area contributed by atoms with Gasteiger partial charge in [-0.1, -0.05) is 46.4 Å². The van der Waals surface area contributed by atoms with E-state index < -0.39 is 28.7 Å². The van der Waals surface area contributed by atoms with Crippen molar-refractivity contribution >= 4 is 107 Å². The van der Waals surface area contributed by atoms with Crippen LogP contribution in [0.2, 0.25) is 20.2 Å². The molecule has 0 saturated heterocycles. The molecule has 1 aliphatic rings. The minimum atomic E-state index is -0.826. The van der Waals surface area contributed by atoms with Crippen molar-refractivity contribution in [1.82, 2.24) is 44.9 Å². The largest absolute Gasteiger partial charge is 1.00 e. The van der Waals surface area contributed by atoms with Crippen LogP contribution in [0.25, 0.3) is 11.6 Å². The normalized spacial score (nSPS) is 9.61. The third-order valence-corrected chi connectivity index (χ3v) is 5.79. The van der Waals surface area contributed by atoms with Crippen LogP contribution in [0.15, 0.2) is 84.1 Å². The van der Waals surface area contributed by atoms with Crippen LogP contribution in [-0.2, 0) is 9.68 Å². The molecule has 6 rings (SSSR count). The molecule has 0 amide bonds. The number of azo groups is 1. The fourth-order valence-electron chi connectivity index (χ4n) is 2.66. The molecule has 5 aromatic heterocycles. The Morgan fingerprint density at radius 3 is 1.52 bits per heavy atom. The average molecular weight is 1140 g/mol. The second kappa shape index (κ2) is 34.7. The van der Waals surface area contributed by atoms with Crippen molar-refractivity contribution in [3.8, 4) is 11.6 Å². The van der Waals surface area contributed by atoms with Crippen LogP contribution in [0.5, 0.6) is 0 Å². The third kappa shape index (κ3) is 23.8. The van der Waals surface area contributed by atoms with Crippen LogP contribution in [0.3, 0.4) is 0 Å². The molecule has 0 unspecified atom stereocenters. The molecular weight excluding hydrogens is 1120 g/mol. The van der Waals surface area contributed by atoms with Gasteiger partial charge in [-0.25, -0.2) is 15.0 Å². The van der Waals surface area contributed by atoms with Crippen molar-refractivity contribution in [3.63, 3.8) is 0 Å². The first-order valence-corrected chi connectivity index (χ1v) is 21.2. The molecule has 0 spiro atoms. The van der Waals surface area contributed by atoms with E-state index in [1.54, 1.807) is 24.7 Å². The van der Waals surface area contributed by atoms with Crippen molar-refractivity contribution in [2.75, 3.05) is 12.3 Å². The van der Waals surface area contributed by atoms with Crippen molar-refractivity contribution in [3.05, 3.63) is 114 Å². The Kier molecular flexibility index (Phi) is 37.2. The first kappa shape index (κ1) is 58.0. The summed E-state index contributed by atoms with van der Waals surface area (Å²) in [5.41, 5.74) is 5.66. The predicted molar refractivity (Wildman–Crippen MR) is 185 cm³/mol. The topological polar surface area (TPSA) is 286 Å². The maximum absolute atomic E-state index is 10.4. The summed E-state index contributed by atoms with van der Waals surface area (Å²) in [6, 6.07) is 3.96. The molecule has 5 aromatic rings. The van der Waals surface area contributed by atoms with Gasteiger partial charge >= 0.3 is 140 Å². The van der Waals surface area contributed by atoms with Gasteiger partial charge in [-0.3, -0.25) is 25.0 Å². The number of hydrogen-bond acceptors (Lipinski definition) is 17. The first-order chi connectivity index (χ1) is 24.4. The van der Waals surface area contributed by atoms with Gasteiger partial charge in [-0.05, 0) is 12.1 Å². The van der Waals surface area contributed by atoms with Crippen LogP contribution in [0.4, 0.5) is 17.1 Å². The van der Waals surface area contributed by atoms with E-state index in [-0.39, 0.29) is 167 Å².